The van der Waals surface area contributed by atoms with Gasteiger partial charge >= 0.3 is 0 Å². The van der Waals surface area contributed by atoms with Crippen molar-refractivity contribution in [2.24, 2.45) is 5.41 Å². The number of thiazole rings is 1. The predicted octanol–water partition coefficient (Wildman–Crippen LogP) is 3.43. The number of benzene rings is 1. The quantitative estimate of drug-likeness (QED) is 0.411. The van der Waals surface area contributed by atoms with E-state index >= 15 is 0 Å². The first-order chi connectivity index (χ1) is 18.2. The lowest BCUT2D eigenvalue weighted by Crippen LogP contribution is -2.58. The maximum atomic E-state index is 13.7. The first-order valence-electron chi connectivity index (χ1n) is 13.4. The molecule has 3 N–H and O–H groups in total. The van der Waals surface area contributed by atoms with E-state index in [-0.39, 0.29) is 37.1 Å². The summed E-state index contributed by atoms with van der Waals surface area (Å²) in [7, 11) is 0. The third-order valence-electron chi connectivity index (χ3n) is 6.83. The molecule has 214 valence electrons. The van der Waals surface area contributed by atoms with Crippen LogP contribution in [0.5, 0.6) is 0 Å². The number of likely N-dealkylation sites (tertiary alicyclic amines) is 1. The molecule has 1 aromatic heterocycles. The summed E-state index contributed by atoms with van der Waals surface area (Å²) in [5.74, 6) is -1.02. The molecule has 0 radical (unpaired) electrons. The van der Waals surface area contributed by atoms with Gasteiger partial charge in [-0.2, -0.15) is 0 Å². The molecule has 3 atom stereocenters. The van der Waals surface area contributed by atoms with Crippen molar-refractivity contribution >= 4 is 29.1 Å². The fraction of sp³-hybridized carbons (Fsp3) is 0.586. The Morgan fingerprint density at radius 2 is 1.85 bits per heavy atom. The zero-order valence-electron chi connectivity index (χ0n) is 24.0. The second-order valence-corrected chi connectivity index (χ2v) is 12.7. The van der Waals surface area contributed by atoms with Crippen LogP contribution in [0.25, 0.3) is 10.4 Å². The Kier molecular flexibility index (Phi) is 9.90. The van der Waals surface area contributed by atoms with Crippen LogP contribution >= 0.6 is 11.3 Å². The molecule has 1 aliphatic heterocycles. The molecule has 1 aliphatic rings. The molecule has 39 heavy (non-hydrogen) atoms. The van der Waals surface area contributed by atoms with Gasteiger partial charge in [0.15, 0.2) is 0 Å². The van der Waals surface area contributed by atoms with E-state index in [9.17, 15) is 19.5 Å². The summed E-state index contributed by atoms with van der Waals surface area (Å²) >= 11 is 1.58. The minimum atomic E-state index is -0.870. The molecule has 0 saturated carbocycles. The fourth-order valence-electron chi connectivity index (χ4n) is 4.82. The van der Waals surface area contributed by atoms with Crippen molar-refractivity contribution < 1.29 is 24.2 Å². The zero-order valence-corrected chi connectivity index (χ0v) is 24.9. The van der Waals surface area contributed by atoms with Gasteiger partial charge in [0.25, 0.3) is 0 Å². The predicted molar refractivity (Wildman–Crippen MR) is 152 cm³/mol. The summed E-state index contributed by atoms with van der Waals surface area (Å²) in [6.45, 7) is 13.9. The summed E-state index contributed by atoms with van der Waals surface area (Å²) < 4.78 is 5.64. The Hall–Kier alpha value is -2.82. The van der Waals surface area contributed by atoms with Gasteiger partial charge in [0.1, 0.15) is 12.1 Å². The molecule has 9 nitrogen and oxygen atoms in total. The summed E-state index contributed by atoms with van der Waals surface area (Å²) in [6, 6.07) is 6.21. The zero-order chi connectivity index (χ0) is 29.0. The van der Waals surface area contributed by atoms with Gasteiger partial charge in [-0.3, -0.25) is 14.4 Å². The van der Waals surface area contributed by atoms with Crippen molar-refractivity contribution in [2.45, 2.75) is 91.6 Å². The highest BCUT2D eigenvalue weighted by molar-refractivity contribution is 7.13. The van der Waals surface area contributed by atoms with Gasteiger partial charge in [0.2, 0.25) is 17.7 Å². The Bertz CT molecular complexity index is 1160. The molecule has 3 rings (SSSR count). The van der Waals surface area contributed by atoms with Crippen LogP contribution in [0.2, 0.25) is 0 Å². The Morgan fingerprint density at radius 1 is 1.18 bits per heavy atom. The van der Waals surface area contributed by atoms with Crippen molar-refractivity contribution in [1.82, 2.24) is 20.5 Å². The number of nitrogens with one attached hydrogen (secondary N) is 2. The number of carbonyl (C=O) groups is 3. The van der Waals surface area contributed by atoms with E-state index in [0.717, 1.165) is 21.7 Å². The van der Waals surface area contributed by atoms with Crippen LogP contribution < -0.4 is 10.6 Å². The number of aromatic nitrogens is 1. The van der Waals surface area contributed by atoms with E-state index in [1.165, 1.54) is 4.90 Å². The third kappa shape index (κ3) is 8.09. The van der Waals surface area contributed by atoms with Crippen LogP contribution in [0, 0.1) is 12.3 Å². The van der Waals surface area contributed by atoms with Gasteiger partial charge in [0, 0.05) is 26.1 Å². The molecular formula is C29H42N4O5S. The molecular weight excluding hydrogens is 516 g/mol. The topological polar surface area (TPSA) is 121 Å². The second kappa shape index (κ2) is 12.6. The summed E-state index contributed by atoms with van der Waals surface area (Å²) in [4.78, 5) is 46.6. The van der Waals surface area contributed by atoms with E-state index in [1.807, 2.05) is 78.2 Å². The number of nitrogens with zero attached hydrogens (tertiary/aromatic N) is 2. The lowest BCUT2D eigenvalue weighted by Gasteiger charge is -2.36. The number of carbonyl (C=O) groups excluding carboxylic acids is 3. The molecule has 1 saturated heterocycles. The van der Waals surface area contributed by atoms with Gasteiger partial charge in [-0.25, -0.2) is 4.98 Å². The van der Waals surface area contributed by atoms with Crippen molar-refractivity contribution in [3.05, 3.63) is 41.0 Å². The molecule has 3 amide bonds. The third-order valence-corrected chi connectivity index (χ3v) is 7.81. The number of aliphatic hydroxyl groups excluding tert-OH is 1. The smallest absolute Gasteiger partial charge is 0.246 e. The molecule has 2 aromatic rings. The first kappa shape index (κ1) is 30.7. The second-order valence-electron chi connectivity index (χ2n) is 11.8. The van der Waals surface area contributed by atoms with E-state index < -0.39 is 29.2 Å². The molecule has 2 heterocycles. The van der Waals surface area contributed by atoms with Gasteiger partial charge < -0.3 is 25.4 Å². The van der Waals surface area contributed by atoms with Gasteiger partial charge in [-0.15, -0.1) is 11.3 Å². The average molecular weight is 559 g/mol. The Morgan fingerprint density at radius 3 is 2.41 bits per heavy atom. The normalized spacial score (nSPS) is 18.6. The van der Waals surface area contributed by atoms with Crippen molar-refractivity contribution in [2.75, 3.05) is 13.2 Å². The van der Waals surface area contributed by atoms with E-state index in [0.29, 0.717) is 13.2 Å². The lowest BCUT2D eigenvalue weighted by molar-refractivity contribution is -0.144. The number of rotatable bonds is 10. The highest BCUT2D eigenvalue weighted by atomic mass is 32.1. The van der Waals surface area contributed by atoms with Gasteiger partial charge in [-0.05, 0) is 44.2 Å². The molecule has 10 heteroatoms. The van der Waals surface area contributed by atoms with Gasteiger partial charge in [0.05, 0.1) is 34.2 Å². The van der Waals surface area contributed by atoms with Crippen molar-refractivity contribution in [3.63, 3.8) is 0 Å². The molecule has 1 aromatic carbocycles. The molecule has 0 spiro atoms. The number of amides is 3. The summed E-state index contributed by atoms with van der Waals surface area (Å²) in [6.07, 6.45) is -0.586. The van der Waals surface area contributed by atoms with Crippen LogP contribution in [0.1, 0.15) is 65.6 Å². The Labute approximate surface area is 235 Å². The van der Waals surface area contributed by atoms with E-state index in [2.05, 4.69) is 15.6 Å². The van der Waals surface area contributed by atoms with Crippen LogP contribution in [-0.2, 0) is 25.7 Å². The molecule has 1 unspecified atom stereocenters. The van der Waals surface area contributed by atoms with E-state index in [1.54, 1.807) is 11.3 Å². The van der Waals surface area contributed by atoms with Crippen molar-refractivity contribution in [3.8, 4) is 10.4 Å². The molecule has 0 aliphatic carbocycles. The number of aryl methyl sites for hydroxylation is 1. The van der Waals surface area contributed by atoms with Crippen LogP contribution in [-0.4, -0.2) is 69.7 Å². The molecule has 0 bridgehead atoms. The number of hydrogen-bond donors (Lipinski definition) is 3. The van der Waals surface area contributed by atoms with E-state index in [4.69, 9.17) is 4.74 Å². The number of aliphatic hydroxyl groups is 1. The number of hydrogen-bond acceptors (Lipinski definition) is 7. The molecule has 1 fully saturated rings. The monoisotopic (exact) mass is 558 g/mol. The average Bonchev–Trinajstić information content (AvgIpc) is 3.45. The minimum Gasteiger partial charge on any atom is -0.391 e. The largest absolute Gasteiger partial charge is 0.391 e. The maximum absolute atomic E-state index is 13.7. The SMILES string of the molecule is CCOC(C)(C)CC(=O)NC(C(=O)N1C[C@@H](O)C[C@H]1C(=O)NCc1ccc(-c2scnc2C)cc1)C(C)(C)C. The number of β-amino-alcohol motifs (C(OH)–C–C–N with tert-alkyl or cyclic N) is 1. The summed E-state index contributed by atoms with van der Waals surface area (Å²) in [5.41, 5.74) is 3.50. The van der Waals surface area contributed by atoms with Crippen LogP contribution in [0.4, 0.5) is 0 Å². The highest BCUT2D eigenvalue weighted by Crippen LogP contribution is 2.28. The standard InChI is InChI=1S/C29H42N4O5S/c1-8-38-29(6,7)14-23(35)32-25(28(3,4)5)27(37)33-16-21(34)13-22(33)26(36)30-15-19-9-11-20(12-10-19)24-18(2)31-17-39-24/h9-12,17,21-22,25,34H,8,13-16H2,1-7H3,(H,30,36)(H,32,35)/t21-,22-,25?/m0/s1. The lowest BCUT2D eigenvalue weighted by atomic mass is 9.85. The number of ether oxygens (including phenoxy) is 1. The minimum absolute atomic E-state index is 0.0344. The van der Waals surface area contributed by atoms with Crippen molar-refractivity contribution in [1.29, 1.82) is 0 Å². The maximum Gasteiger partial charge on any atom is 0.246 e. The Balaban J connectivity index is 1.67. The van der Waals surface area contributed by atoms with Crippen LogP contribution in [0.15, 0.2) is 29.8 Å². The van der Waals surface area contributed by atoms with Crippen LogP contribution in [0.3, 0.4) is 0 Å². The first-order valence-corrected chi connectivity index (χ1v) is 14.3. The summed E-state index contributed by atoms with van der Waals surface area (Å²) in [5, 5.41) is 16.2. The highest BCUT2D eigenvalue weighted by Gasteiger charge is 2.44. The fourth-order valence-corrected chi connectivity index (χ4v) is 5.63. The van der Waals surface area contributed by atoms with Gasteiger partial charge in [-0.1, -0.05) is 45.0 Å².